The van der Waals surface area contributed by atoms with Crippen LogP contribution in [0.15, 0.2) is 0 Å². The van der Waals surface area contributed by atoms with Crippen LogP contribution < -0.4 is 0 Å². The summed E-state index contributed by atoms with van der Waals surface area (Å²) in [5.41, 5.74) is 0. The average molecular weight is 171 g/mol. The summed E-state index contributed by atoms with van der Waals surface area (Å²) in [5.74, 6) is -1.68. The monoisotopic (exact) mass is 171 g/mol. The van der Waals surface area contributed by atoms with Crippen molar-refractivity contribution in [2.24, 2.45) is 0 Å². The van der Waals surface area contributed by atoms with Crippen molar-refractivity contribution in [3.63, 3.8) is 0 Å². The van der Waals surface area contributed by atoms with E-state index in [2.05, 4.69) is 0 Å². The van der Waals surface area contributed by atoms with Crippen molar-refractivity contribution in [1.82, 2.24) is 4.90 Å². The van der Waals surface area contributed by atoms with Gasteiger partial charge in [-0.25, -0.2) is 4.79 Å². The number of rotatable bonds is 1. The van der Waals surface area contributed by atoms with Crippen LogP contribution in [0.4, 0.5) is 0 Å². The highest BCUT2D eigenvalue weighted by atomic mass is 16.4. The molecule has 0 aromatic carbocycles. The number of nitrogens with zero attached hydrogens (tertiary/aromatic N) is 1. The number of carbonyl (C=O) groups is 3. The van der Waals surface area contributed by atoms with Gasteiger partial charge in [0.2, 0.25) is 5.91 Å². The second-order valence-electron chi connectivity index (χ2n) is 2.74. The van der Waals surface area contributed by atoms with Crippen LogP contribution in [-0.2, 0) is 14.4 Å². The van der Waals surface area contributed by atoms with Crippen LogP contribution in [0.1, 0.15) is 13.3 Å². The number of carboxylic acids is 1. The number of ketones is 1. The number of hydrogen-bond acceptors (Lipinski definition) is 3. The fourth-order valence-corrected chi connectivity index (χ4v) is 1.24. The predicted molar refractivity (Wildman–Crippen MR) is 38.4 cm³/mol. The van der Waals surface area contributed by atoms with E-state index in [1.165, 1.54) is 6.92 Å². The number of likely N-dealkylation sites (tertiary alicyclic amines) is 1. The maximum absolute atomic E-state index is 10.8. The quantitative estimate of drug-likeness (QED) is 0.564. The Hall–Kier alpha value is -1.39. The summed E-state index contributed by atoms with van der Waals surface area (Å²) in [6.45, 7) is 1.20. The van der Waals surface area contributed by atoms with Crippen molar-refractivity contribution < 1.29 is 19.5 Å². The van der Waals surface area contributed by atoms with E-state index in [-0.39, 0.29) is 24.7 Å². The minimum absolute atomic E-state index is 0.0606. The van der Waals surface area contributed by atoms with E-state index >= 15 is 0 Å². The van der Waals surface area contributed by atoms with Gasteiger partial charge in [0.25, 0.3) is 0 Å². The Kier molecular flexibility index (Phi) is 2.12. The first kappa shape index (κ1) is 8.70. The zero-order valence-electron chi connectivity index (χ0n) is 6.61. The highest BCUT2D eigenvalue weighted by molar-refractivity contribution is 5.96. The molecule has 1 amide bonds. The molecule has 0 aromatic heterocycles. The van der Waals surface area contributed by atoms with Crippen LogP contribution in [0.2, 0.25) is 0 Å². The summed E-state index contributed by atoms with van der Waals surface area (Å²) in [6, 6.07) is -0.949. The Morgan fingerprint density at radius 3 is 2.50 bits per heavy atom. The molecule has 0 bridgehead atoms. The molecule has 1 aliphatic rings. The van der Waals surface area contributed by atoms with Crippen LogP contribution >= 0.6 is 0 Å². The minimum Gasteiger partial charge on any atom is -0.480 e. The first-order valence-corrected chi connectivity index (χ1v) is 3.54. The molecule has 1 N–H and O–H groups in total. The van der Waals surface area contributed by atoms with E-state index in [0.29, 0.717) is 0 Å². The summed E-state index contributed by atoms with van der Waals surface area (Å²) in [4.78, 5) is 33.2. The highest BCUT2D eigenvalue weighted by Gasteiger charge is 2.36. The van der Waals surface area contributed by atoms with Crippen molar-refractivity contribution >= 4 is 17.7 Å². The van der Waals surface area contributed by atoms with Crippen LogP contribution in [0.3, 0.4) is 0 Å². The third kappa shape index (κ3) is 1.44. The van der Waals surface area contributed by atoms with E-state index in [4.69, 9.17) is 5.11 Å². The third-order valence-electron chi connectivity index (χ3n) is 1.83. The lowest BCUT2D eigenvalue weighted by molar-refractivity contribution is -0.147. The van der Waals surface area contributed by atoms with E-state index in [0.717, 1.165) is 4.90 Å². The Bertz CT molecular complexity index is 224. The zero-order chi connectivity index (χ0) is 9.30. The summed E-state index contributed by atoms with van der Waals surface area (Å²) in [7, 11) is 0. The van der Waals surface area contributed by atoms with Crippen molar-refractivity contribution in [3.05, 3.63) is 0 Å². The van der Waals surface area contributed by atoms with Gasteiger partial charge < -0.3 is 10.0 Å². The molecule has 0 aromatic rings. The second kappa shape index (κ2) is 2.92. The lowest BCUT2D eigenvalue weighted by Gasteiger charge is -2.17. The minimum atomic E-state index is -1.11. The fraction of sp³-hybridized carbons (Fsp3) is 0.571. The second-order valence-corrected chi connectivity index (χ2v) is 2.74. The molecule has 1 fully saturated rings. The largest absolute Gasteiger partial charge is 0.480 e. The zero-order valence-corrected chi connectivity index (χ0v) is 6.61. The van der Waals surface area contributed by atoms with Gasteiger partial charge in [0.1, 0.15) is 6.04 Å². The molecule has 0 saturated carbocycles. The van der Waals surface area contributed by atoms with Crippen LogP contribution in [0.5, 0.6) is 0 Å². The molecule has 1 aliphatic heterocycles. The van der Waals surface area contributed by atoms with E-state index < -0.39 is 12.0 Å². The number of carboxylic acid groups (broad SMARTS) is 1. The summed E-state index contributed by atoms with van der Waals surface area (Å²) < 4.78 is 0. The molecule has 5 heteroatoms. The number of amides is 1. The maximum Gasteiger partial charge on any atom is 0.326 e. The third-order valence-corrected chi connectivity index (χ3v) is 1.83. The van der Waals surface area contributed by atoms with Crippen LogP contribution in [0.25, 0.3) is 0 Å². The molecule has 0 aliphatic carbocycles. The Morgan fingerprint density at radius 1 is 1.58 bits per heavy atom. The number of aliphatic carboxylic acids is 1. The van der Waals surface area contributed by atoms with E-state index in [1.54, 1.807) is 0 Å². The molecule has 0 spiro atoms. The van der Waals surface area contributed by atoms with Crippen LogP contribution in [0, 0.1) is 0 Å². The number of carbonyl (C=O) groups excluding carboxylic acids is 2. The Balaban J connectivity index is 2.79. The average Bonchev–Trinajstić information content (AvgIpc) is 2.31. The molecule has 1 heterocycles. The SMILES string of the molecule is CC(=O)N1CC(=O)C[C@@H]1C(=O)O. The number of Topliss-reactive ketones (excluding diaryl/α,β-unsaturated/α-hetero) is 1. The Labute approximate surface area is 69.0 Å². The van der Waals surface area contributed by atoms with Gasteiger partial charge in [-0.1, -0.05) is 0 Å². The van der Waals surface area contributed by atoms with E-state index in [1.807, 2.05) is 0 Å². The molecule has 5 nitrogen and oxygen atoms in total. The van der Waals surface area contributed by atoms with Gasteiger partial charge in [-0.3, -0.25) is 9.59 Å². The predicted octanol–water partition coefficient (Wildman–Crippen LogP) is -0.739. The van der Waals surface area contributed by atoms with Crippen LogP contribution in [-0.4, -0.2) is 40.3 Å². The highest BCUT2D eigenvalue weighted by Crippen LogP contribution is 2.14. The van der Waals surface area contributed by atoms with Crippen molar-refractivity contribution in [2.75, 3.05) is 6.54 Å². The summed E-state index contributed by atoms with van der Waals surface area (Å²) in [6.07, 6.45) is -0.0606. The normalized spacial score (nSPS) is 22.9. The molecule has 12 heavy (non-hydrogen) atoms. The lowest BCUT2D eigenvalue weighted by atomic mass is 10.2. The van der Waals surface area contributed by atoms with Crippen molar-refractivity contribution in [2.45, 2.75) is 19.4 Å². The maximum atomic E-state index is 10.8. The molecule has 66 valence electrons. The summed E-state index contributed by atoms with van der Waals surface area (Å²) >= 11 is 0. The van der Waals surface area contributed by atoms with Gasteiger partial charge in [-0.15, -0.1) is 0 Å². The summed E-state index contributed by atoms with van der Waals surface area (Å²) in [5, 5.41) is 8.60. The number of hydrogen-bond donors (Lipinski definition) is 1. The van der Waals surface area contributed by atoms with Gasteiger partial charge in [0.05, 0.1) is 6.54 Å². The molecule has 1 atom stereocenters. The van der Waals surface area contributed by atoms with E-state index in [9.17, 15) is 14.4 Å². The Morgan fingerprint density at radius 2 is 2.17 bits per heavy atom. The molecule has 1 saturated heterocycles. The topological polar surface area (TPSA) is 74.7 Å². The first-order valence-electron chi connectivity index (χ1n) is 3.54. The van der Waals surface area contributed by atoms with Crippen molar-refractivity contribution in [3.8, 4) is 0 Å². The molecular formula is C7H9NO4. The van der Waals surface area contributed by atoms with Gasteiger partial charge in [0.15, 0.2) is 5.78 Å². The van der Waals surface area contributed by atoms with Gasteiger partial charge >= 0.3 is 5.97 Å². The van der Waals surface area contributed by atoms with Gasteiger partial charge in [-0.2, -0.15) is 0 Å². The first-order chi connectivity index (χ1) is 5.52. The fourth-order valence-electron chi connectivity index (χ4n) is 1.24. The molecule has 0 unspecified atom stereocenters. The smallest absolute Gasteiger partial charge is 0.326 e. The van der Waals surface area contributed by atoms with Gasteiger partial charge in [0, 0.05) is 13.3 Å². The standard InChI is InChI=1S/C7H9NO4/c1-4(9)8-3-5(10)2-6(8)7(11)12/h6H,2-3H2,1H3,(H,11,12)/t6-/m1/s1. The molecule has 1 rings (SSSR count). The molecular weight excluding hydrogens is 162 g/mol. The van der Waals surface area contributed by atoms with Crippen molar-refractivity contribution in [1.29, 1.82) is 0 Å². The molecule has 0 radical (unpaired) electrons. The lowest BCUT2D eigenvalue weighted by Crippen LogP contribution is -2.39. The van der Waals surface area contributed by atoms with Gasteiger partial charge in [-0.05, 0) is 0 Å².